The Labute approximate surface area is 141 Å². The maximum Gasteiger partial charge on any atom is 0.321 e. The summed E-state index contributed by atoms with van der Waals surface area (Å²) in [5.41, 5.74) is 0.702. The first-order valence-electron chi connectivity index (χ1n) is 7.77. The number of anilines is 1. The lowest BCUT2D eigenvalue weighted by molar-refractivity contribution is -0.135. The van der Waals surface area contributed by atoms with Gasteiger partial charge in [0.1, 0.15) is 6.61 Å². The Kier molecular flexibility index (Phi) is 6.67. The normalized spacial score (nSPS) is 15.2. The van der Waals surface area contributed by atoms with Crippen LogP contribution in [0.5, 0.6) is 0 Å². The zero-order chi connectivity index (χ0) is 16.7. The van der Waals surface area contributed by atoms with Crippen LogP contribution in [0, 0.1) is 0 Å². The number of amides is 3. The van der Waals surface area contributed by atoms with Crippen molar-refractivity contribution in [2.45, 2.75) is 13.3 Å². The molecule has 1 aliphatic rings. The number of nitrogens with zero attached hydrogens (tertiary/aromatic N) is 2. The third-order valence-corrected chi connectivity index (χ3v) is 3.91. The molecule has 1 fully saturated rings. The third kappa shape index (κ3) is 5.41. The second-order valence-electron chi connectivity index (χ2n) is 5.30. The fraction of sp³-hybridized carbons (Fsp3) is 0.500. The number of ether oxygens (including phenoxy) is 1. The van der Waals surface area contributed by atoms with Crippen molar-refractivity contribution in [2.24, 2.45) is 0 Å². The molecule has 3 amide bonds. The number of rotatable bonds is 4. The number of carbonyl (C=O) groups is 2. The lowest BCUT2D eigenvalue weighted by Gasteiger charge is -2.22. The summed E-state index contributed by atoms with van der Waals surface area (Å²) in [4.78, 5) is 27.8. The summed E-state index contributed by atoms with van der Waals surface area (Å²) in [6.45, 7) is 4.80. The molecule has 1 saturated heterocycles. The van der Waals surface area contributed by atoms with Crippen LogP contribution in [0.4, 0.5) is 10.5 Å². The minimum atomic E-state index is -0.161. The quantitative estimate of drug-likeness (QED) is 0.916. The van der Waals surface area contributed by atoms with Gasteiger partial charge < -0.3 is 19.9 Å². The highest BCUT2D eigenvalue weighted by Gasteiger charge is 2.21. The highest BCUT2D eigenvalue weighted by atomic mass is 35.5. The average Bonchev–Trinajstić information content (AvgIpc) is 2.81. The number of carbonyl (C=O) groups excluding carboxylic acids is 2. The SMILES string of the molecule is CCOCC(=O)N1CCCN(C(=O)Nc2ccc(Cl)cc2)CC1. The first-order chi connectivity index (χ1) is 11.1. The molecule has 6 nitrogen and oxygen atoms in total. The van der Waals surface area contributed by atoms with Crippen LogP contribution in [0.1, 0.15) is 13.3 Å². The first-order valence-corrected chi connectivity index (χ1v) is 8.15. The van der Waals surface area contributed by atoms with Crippen molar-refractivity contribution in [2.75, 3.05) is 44.7 Å². The lowest BCUT2D eigenvalue weighted by atomic mass is 10.3. The van der Waals surface area contributed by atoms with Gasteiger partial charge in [0.05, 0.1) is 0 Å². The van der Waals surface area contributed by atoms with Crippen molar-refractivity contribution >= 4 is 29.2 Å². The topological polar surface area (TPSA) is 61.9 Å². The molecule has 1 heterocycles. The summed E-state index contributed by atoms with van der Waals surface area (Å²) < 4.78 is 5.16. The van der Waals surface area contributed by atoms with Crippen LogP contribution < -0.4 is 5.32 Å². The summed E-state index contributed by atoms with van der Waals surface area (Å²) in [6.07, 6.45) is 0.756. The summed E-state index contributed by atoms with van der Waals surface area (Å²) in [5, 5.41) is 3.47. The Morgan fingerprint density at radius 3 is 2.48 bits per heavy atom. The van der Waals surface area contributed by atoms with Gasteiger partial charge >= 0.3 is 6.03 Å². The highest BCUT2D eigenvalue weighted by Crippen LogP contribution is 2.14. The van der Waals surface area contributed by atoms with Gasteiger partial charge in [-0.2, -0.15) is 0 Å². The van der Waals surface area contributed by atoms with E-state index >= 15 is 0 Å². The van der Waals surface area contributed by atoms with Gasteiger partial charge in [0.25, 0.3) is 0 Å². The van der Waals surface area contributed by atoms with Crippen LogP contribution in [0.25, 0.3) is 0 Å². The average molecular weight is 340 g/mol. The molecule has 0 atom stereocenters. The zero-order valence-electron chi connectivity index (χ0n) is 13.3. The van der Waals surface area contributed by atoms with Crippen LogP contribution in [-0.2, 0) is 9.53 Å². The maximum absolute atomic E-state index is 12.3. The predicted octanol–water partition coefficient (Wildman–Crippen LogP) is 2.44. The van der Waals surface area contributed by atoms with Crippen molar-refractivity contribution in [3.63, 3.8) is 0 Å². The van der Waals surface area contributed by atoms with E-state index in [4.69, 9.17) is 16.3 Å². The van der Waals surface area contributed by atoms with Gasteiger partial charge in [0.15, 0.2) is 0 Å². The van der Waals surface area contributed by atoms with Crippen molar-refractivity contribution < 1.29 is 14.3 Å². The molecule has 0 bridgehead atoms. The van der Waals surface area contributed by atoms with Crippen LogP contribution in [0.15, 0.2) is 24.3 Å². The second-order valence-corrected chi connectivity index (χ2v) is 5.73. The monoisotopic (exact) mass is 339 g/mol. The minimum Gasteiger partial charge on any atom is -0.372 e. The number of halogens is 1. The molecule has 0 radical (unpaired) electrons. The maximum atomic E-state index is 12.3. The van der Waals surface area contributed by atoms with Gasteiger partial charge in [0, 0.05) is 43.5 Å². The Balaban J connectivity index is 1.85. The van der Waals surface area contributed by atoms with Gasteiger partial charge in [-0.1, -0.05) is 11.6 Å². The summed E-state index contributed by atoms with van der Waals surface area (Å²) in [5.74, 6) is -0.0215. The van der Waals surface area contributed by atoms with E-state index in [1.165, 1.54) is 0 Å². The largest absolute Gasteiger partial charge is 0.372 e. The third-order valence-electron chi connectivity index (χ3n) is 3.66. The van der Waals surface area contributed by atoms with Gasteiger partial charge in [-0.3, -0.25) is 4.79 Å². The molecule has 1 aromatic rings. The Morgan fingerprint density at radius 2 is 1.78 bits per heavy atom. The van der Waals surface area contributed by atoms with Gasteiger partial charge in [-0.15, -0.1) is 0 Å². The second kappa shape index (κ2) is 8.74. The van der Waals surface area contributed by atoms with Crippen molar-refractivity contribution in [3.05, 3.63) is 29.3 Å². The Bertz CT molecular complexity index is 536. The van der Waals surface area contributed by atoms with E-state index in [1.54, 1.807) is 34.1 Å². The van der Waals surface area contributed by atoms with Crippen LogP contribution in [0.3, 0.4) is 0 Å². The smallest absolute Gasteiger partial charge is 0.321 e. The number of benzene rings is 1. The molecule has 126 valence electrons. The van der Waals surface area contributed by atoms with E-state index in [1.807, 2.05) is 6.92 Å². The molecule has 23 heavy (non-hydrogen) atoms. The van der Waals surface area contributed by atoms with E-state index < -0.39 is 0 Å². The molecular weight excluding hydrogens is 318 g/mol. The molecular formula is C16H22ClN3O3. The van der Waals surface area contributed by atoms with Gasteiger partial charge in [0.2, 0.25) is 5.91 Å². The molecule has 0 aliphatic carbocycles. The Hall–Kier alpha value is -1.79. The molecule has 7 heteroatoms. The molecule has 0 unspecified atom stereocenters. The number of hydrogen-bond acceptors (Lipinski definition) is 3. The highest BCUT2D eigenvalue weighted by molar-refractivity contribution is 6.30. The Morgan fingerprint density at radius 1 is 1.13 bits per heavy atom. The van der Waals surface area contributed by atoms with E-state index in [9.17, 15) is 9.59 Å². The summed E-state index contributed by atoms with van der Waals surface area (Å²) >= 11 is 5.83. The molecule has 1 N–H and O–H groups in total. The molecule has 1 aliphatic heterocycles. The molecule has 0 spiro atoms. The van der Waals surface area contributed by atoms with E-state index in [-0.39, 0.29) is 18.5 Å². The van der Waals surface area contributed by atoms with Crippen LogP contribution >= 0.6 is 11.6 Å². The minimum absolute atomic E-state index is 0.0215. The zero-order valence-corrected chi connectivity index (χ0v) is 14.0. The van der Waals surface area contributed by atoms with Crippen molar-refractivity contribution in [1.82, 2.24) is 9.80 Å². The van der Waals surface area contributed by atoms with Crippen molar-refractivity contribution in [3.8, 4) is 0 Å². The molecule has 0 saturated carbocycles. The van der Waals surface area contributed by atoms with E-state index in [0.29, 0.717) is 43.5 Å². The van der Waals surface area contributed by atoms with E-state index in [2.05, 4.69) is 5.32 Å². The number of hydrogen-bond donors (Lipinski definition) is 1. The fourth-order valence-electron chi connectivity index (χ4n) is 2.39. The standard InChI is InChI=1S/C16H22ClN3O3/c1-2-23-12-15(21)19-8-3-9-20(11-10-19)16(22)18-14-6-4-13(17)5-7-14/h4-7H,2-3,8-12H2,1H3,(H,18,22). The molecule has 2 rings (SSSR count). The van der Waals surface area contributed by atoms with Gasteiger partial charge in [-0.05, 0) is 37.6 Å². The predicted molar refractivity (Wildman–Crippen MR) is 89.7 cm³/mol. The van der Waals surface area contributed by atoms with Crippen molar-refractivity contribution in [1.29, 1.82) is 0 Å². The van der Waals surface area contributed by atoms with Gasteiger partial charge in [-0.25, -0.2) is 4.79 Å². The number of urea groups is 1. The molecule has 0 aromatic heterocycles. The fourth-order valence-corrected chi connectivity index (χ4v) is 2.51. The van der Waals surface area contributed by atoms with E-state index in [0.717, 1.165) is 6.42 Å². The first kappa shape index (κ1) is 17.6. The van der Waals surface area contributed by atoms with Crippen LogP contribution in [-0.4, -0.2) is 61.1 Å². The summed E-state index contributed by atoms with van der Waals surface area (Å²) in [6, 6.07) is 6.82. The van der Waals surface area contributed by atoms with Crippen LogP contribution in [0.2, 0.25) is 5.02 Å². The lowest BCUT2D eigenvalue weighted by Crippen LogP contribution is -2.40. The molecule has 1 aromatic carbocycles. The number of nitrogens with one attached hydrogen (secondary N) is 1. The summed E-state index contributed by atoms with van der Waals surface area (Å²) in [7, 11) is 0.